The highest BCUT2D eigenvalue weighted by molar-refractivity contribution is 7.92. The van der Waals surface area contributed by atoms with E-state index >= 15 is 0 Å². The van der Waals surface area contributed by atoms with Crippen LogP contribution in [0.15, 0.2) is 77.7 Å². The fourth-order valence-electron chi connectivity index (χ4n) is 4.18. The number of aryl methyl sites for hydroxylation is 3. The van der Waals surface area contributed by atoms with Crippen LogP contribution in [0.2, 0.25) is 0 Å². The first kappa shape index (κ1) is 28.9. The molecule has 0 aliphatic carbocycles. The molecule has 8 heteroatoms. The van der Waals surface area contributed by atoms with Crippen molar-refractivity contribution in [2.45, 2.75) is 58.5 Å². The third-order valence-corrected chi connectivity index (χ3v) is 8.20. The predicted molar refractivity (Wildman–Crippen MR) is 151 cm³/mol. The molecule has 0 aromatic heterocycles. The van der Waals surface area contributed by atoms with Crippen LogP contribution in [-0.4, -0.2) is 44.3 Å². The number of carbonyl (C=O) groups is 2. The Bertz CT molecular complexity index is 1370. The summed E-state index contributed by atoms with van der Waals surface area (Å²) in [5, 5.41) is 2.86. The number of para-hydroxylation sites is 1. The van der Waals surface area contributed by atoms with Crippen LogP contribution in [0.4, 0.5) is 5.69 Å². The summed E-state index contributed by atoms with van der Waals surface area (Å²) in [5.41, 5.74) is 3.95. The molecule has 0 bridgehead atoms. The number of hydrogen-bond acceptors (Lipinski definition) is 4. The summed E-state index contributed by atoms with van der Waals surface area (Å²) in [7, 11) is -4.08. The van der Waals surface area contributed by atoms with Crippen molar-refractivity contribution in [3.8, 4) is 0 Å². The van der Waals surface area contributed by atoms with E-state index in [0.29, 0.717) is 12.2 Å². The average molecular weight is 536 g/mol. The van der Waals surface area contributed by atoms with E-state index in [4.69, 9.17) is 0 Å². The Morgan fingerprint density at radius 2 is 1.58 bits per heavy atom. The summed E-state index contributed by atoms with van der Waals surface area (Å²) in [6.07, 6.45) is 0.764. The quantitative estimate of drug-likeness (QED) is 0.384. The molecule has 0 unspecified atom stereocenters. The van der Waals surface area contributed by atoms with Crippen molar-refractivity contribution >= 4 is 27.5 Å². The SMILES string of the molecule is CCCNC(=O)[C@@H](C)N(Cc1cccc(C)c1)C(=O)CN(c1ccccc1C)S(=O)(=O)c1ccc(C)cc1. The van der Waals surface area contributed by atoms with Crippen LogP contribution < -0.4 is 9.62 Å². The van der Waals surface area contributed by atoms with Gasteiger partial charge < -0.3 is 10.2 Å². The summed E-state index contributed by atoms with van der Waals surface area (Å²) in [4.78, 5) is 28.4. The van der Waals surface area contributed by atoms with Crippen molar-refractivity contribution in [1.82, 2.24) is 10.2 Å². The second-order valence-corrected chi connectivity index (χ2v) is 11.5. The molecule has 0 heterocycles. The molecule has 0 saturated carbocycles. The number of amides is 2. The molecule has 1 atom stereocenters. The number of hydrogen-bond donors (Lipinski definition) is 1. The highest BCUT2D eigenvalue weighted by Crippen LogP contribution is 2.27. The Balaban J connectivity index is 2.03. The van der Waals surface area contributed by atoms with Gasteiger partial charge >= 0.3 is 0 Å². The number of anilines is 1. The van der Waals surface area contributed by atoms with E-state index < -0.39 is 28.5 Å². The largest absolute Gasteiger partial charge is 0.354 e. The molecule has 0 aliphatic rings. The lowest BCUT2D eigenvalue weighted by Gasteiger charge is -2.32. The van der Waals surface area contributed by atoms with Gasteiger partial charge in [-0.2, -0.15) is 0 Å². The molecule has 0 saturated heterocycles. The van der Waals surface area contributed by atoms with Crippen molar-refractivity contribution in [3.63, 3.8) is 0 Å². The summed E-state index contributed by atoms with van der Waals surface area (Å²) in [6.45, 7) is 9.50. The smallest absolute Gasteiger partial charge is 0.264 e. The molecule has 2 amide bonds. The predicted octanol–water partition coefficient (Wildman–Crippen LogP) is 4.75. The van der Waals surface area contributed by atoms with Gasteiger partial charge in [0.15, 0.2) is 0 Å². The lowest BCUT2D eigenvalue weighted by Crippen LogP contribution is -2.51. The minimum atomic E-state index is -4.08. The van der Waals surface area contributed by atoms with Gasteiger partial charge in [0.1, 0.15) is 12.6 Å². The van der Waals surface area contributed by atoms with Gasteiger partial charge in [0, 0.05) is 13.1 Å². The fourth-order valence-corrected chi connectivity index (χ4v) is 5.66. The van der Waals surface area contributed by atoms with Gasteiger partial charge in [-0.3, -0.25) is 13.9 Å². The van der Waals surface area contributed by atoms with Crippen molar-refractivity contribution < 1.29 is 18.0 Å². The summed E-state index contributed by atoms with van der Waals surface area (Å²) in [5.74, 6) is -0.749. The normalized spacial score (nSPS) is 12.0. The third-order valence-electron chi connectivity index (χ3n) is 6.42. The molecular weight excluding hydrogens is 498 g/mol. The molecule has 0 radical (unpaired) electrons. The van der Waals surface area contributed by atoms with Crippen LogP contribution in [-0.2, 0) is 26.2 Å². The topological polar surface area (TPSA) is 86.8 Å². The van der Waals surface area contributed by atoms with E-state index in [1.165, 1.54) is 4.90 Å². The number of sulfonamides is 1. The van der Waals surface area contributed by atoms with E-state index in [2.05, 4.69) is 5.32 Å². The molecule has 38 heavy (non-hydrogen) atoms. The summed E-state index contributed by atoms with van der Waals surface area (Å²) >= 11 is 0. The average Bonchev–Trinajstić information content (AvgIpc) is 2.89. The zero-order valence-electron chi connectivity index (χ0n) is 22.8. The zero-order valence-corrected chi connectivity index (χ0v) is 23.6. The number of nitrogens with zero attached hydrogens (tertiary/aromatic N) is 2. The number of rotatable bonds is 11. The minimum Gasteiger partial charge on any atom is -0.354 e. The van der Waals surface area contributed by atoms with Crippen LogP contribution >= 0.6 is 0 Å². The molecule has 1 N–H and O–H groups in total. The van der Waals surface area contributed by atoms with Gasteiger partial charge in [-0.25, -0.2) is 8.42 Å². The van der Waals surface area contributed by atoms with E-state index in [9.17, 15) is 18.0 Å². The first-order valence-corrected chi connectivity index (χ1v) is 14.3. The Labute approximate surface area is 226 Å². The molecule has 3 aromatic rings. The van der Waals surface area contributed by atoms with Gasteiger partial charge in [0.05, 0.1) is 10.6 Å². The van der Waals surface area contributed by atoms with Crippen molar-refractivity contribution in [1.29, 1.82) is 0 Å². The maximum Gasteiger partial charge on any atom is 0.264 e. The van der Waals surface area contributed by atoms with Crippen molar-refractivity contribution in [2.75, 3.05) is 17.4 Å². The monoisotopic (exact) mass is 535 g/mol. The van der Waals surface area contributed by atoms with Gasteiger partial charge in [-0.15, -0.1) is 0 Å². The van der Waals surface area contributed by atoms with Crippen LogP contribution in [0.3, 0.4) is 0 Å². The minimum absolute atomic E-state index is 0.0955. The van der Waals surface area contributed by atoms with Crippen LogP contribution in [0.25, 0.3) is 0 Å². The standard InChI is InChI=1S/C30H37N3O4S/c1-6-18-31-30(35)25(5)32(20-26-12-9-10-23(3)19-26)29(34)21-33(28-13-8-7-11-24(28)4)38(36,37)27-16-14-22(2)15-17-27/h7-17,19,25H,6,18,20-21H2,1-5H3,(H,31,35)/t25-/m1/s1. The Hall–Kier alpha value is -3.65. The molecule has 202 valence electrons. The fraction of sp³-hybridized carbons (Fsp3) is 0.333. The van der Waals surface area contributed by atoms with E-state index in [-0.39, 0.29) is 17.3 Å². The first-order chi connectivity index (χ1) is 18.0. The van der Waals surface area contributed by atoms with E-state index in [0.717, 1.165) is 33.0 Å². The Morgan fingerprint density at radius 3 is 2.21 bits per heavy atom. The molecule has 3 aromatic carbocycles. The lowest BCUT2D eigenvalue weighted by molar-refractivity contribution is -0.139. The van der Waals surface area contributed by atoms with Gasteiger partial charge in [0.25, 0.3) is 10.0 Å². The van der Waals surface area contributed by atoms with E-state index in [1.54, 1.807) is 43.3 Å². The lowest BCUT2D eigenvalue weighted by atomic mass is 10.1. The van der Waals surface area contributed by atoms with Gasteiger partial charge in [0.2, 0.25) is 11.8 Å². The summed E-state index contributed by atoms with van der Waals surface area (Å²) < 4.78 is 28.9. The first-order valence-electron chi connectivity index (χ1n) is 12.8. The maximum absolute atomic E-state index is 13.9. The highest BCUT2D eigenvalue weighted by Gasteiger charge is 2.33. The van der Waals surface area contributed by atoms with E-state index in [1.807, 2.05) is 64.1 Å². The second-order valence-electron chi connectivity index (χ2n) is 9.59. The molecule has 7 nitrogen and oxygen atoms in total. The zero-order chi connectivity index (χ0) is 27.9. The van der Waals surface area contributed by atoms with Crippen LogP contribution in [0, 0.1) is 20.8 Å². The molecule has 3 rings (SSSR count). The van der Waals surface area contributed by atoms with Crippen molar-refractivity contribution in [3.05, 3.63) is 95.1 Å². The highest BCUT2D eigenvalue weighted by atomic mass is 32.2. The summed E-state index contributed by atoms with van der Waals surface area (Å²) in [6, 6.07) is 20.5. The third kappa shape index (κ3) is 7.01. The van der Waals surface area contributed by atoms with Gasteiger partial charge in [-0.05, 0) is 63.4 Å². The van der Waals surface area contributed by atoms with Crippen molar-refractivity contribution in [2.24, 2.45) is 0 Å². The van der Waals surface area contributed by atoms with Crippen LogP contribution in [0.5, 0.6) is 0 Å². The molecular formula is C30H37N3O4S. The number of benzene rings is 3. The molecule has 0 aliphatic heterocycles. The maximum atomic E-state index is 13.9. The molecule has 0 spiro atoms. The van der Waals surface area contributed by atoms with Crippen LogP contribution in [0.1, 0.15) is 42.5 Å². The number of carbonyl (C=O) groups excluding carboxylic acids is 2. The molecule has 0 fully saturated rings. The number of nitrogens with one attached hydrogen (secondary N) is 1. The van der Waals surface area contributed by atoms with Gasteiger partial charge in [-0.1, -0.05) is 72.6 Å². The second kappa shape index (κ2) is 12.7. The Morgan fingerprint density at radius 1 is 0.895 bits per heavy atom. The Kier molecular flexibility index (Phi) is 9.69.